The smallest absolute Gasteiger partial charge is 0.333 e. The molecule has 0 spiro atoms. The van der Waals surface area contributed by atoms with Crippen molar-refractivity contribution in [3.63, 3.8) is 0 Å². The van der Waals surface area contributed by atoms with Gasteiger partial charge in [-0.3, -0.25) is 4.79 Å². The van der Waals surface area contributed by atoms with Crippen LogP contribution >= 0.6 is 23.5 Å². The van der Waals surface area contributed by atoms with Crippen LogP contribution in [-0.4, -0.2) is 56.3 Å². The third-order valence-electron chi connectivity index (χ3n) is 3.96. The lowest BCUT2D eigenvalue weighted by molar-refractivity contribution is -0.137. The molecule has 2 heterocycles. The van der Waals surface area contributed by atoms with E-state index in [9.17, 15) is 9.59 Å². The van der Waals surface area contributed by atoms with E-state index in [0.29, 0.717) is 40.7 Å². The summed E-state index contributed by atoms with van der Waals surface area (Å²) in [6, 6.07) is 7.88. The number of aryl methyl sites for hydroxylation is 1. The Bertz CT molecular complexity index is 895. The zero-order chi connectivity index (χ0) is 20.1. The molecule has 3 rings (SSSR count). The van der Waals surface area contributed by atoms with Gasteiger partial charge in [0.05, 0.1) is 23.5 Å². The van der Waals surface area contributed by atoms with Gasteiger partial charge in [-0.05, 0) is 13.8 Å². The molecule has 148 valence electrons. The van der Waals surface area contributed by atoms with Crippen molar-refractivity contribution in [1.29, 1.82) is 0 Å². The standard InChI is InChI=1S/C18H21N5O3S2/c1-3-26-16(25)10-15-22(14(24)11-28-15)8-9-27-18-21-20-17(23(18)19)13-6-4-12(2)5-7-13/h4-7,10H,3,8-9,11,19H2,1-2H3/b15-10-. The number of esters is 1. The average Bonchev–Trinajstić information content (AvgIpc) is 3.20. The van der Waals surface area contributed by atoms with Crippen molar-refractivity contribution in [2.45, 2.75) is 19.0 Å². The van der Waals surface area contributed by atoms with E-state index in [-0.39, 0.29) is 5.91 Å². The fraction of sp³-hybridized carbons (Fsp3) is 0.333. The van der Waals surface area contributed by atoms with Gasteiger partial charge in [-0.15, -0.1) is 10.2 Å². The lowest BCUT2D eigenvalue weighted by atomic mass is 10.1. The third-order valence-corrected chi connectivity index (χ3v) is 5.91. The van der Waals surface area contributed by atoms with Gasteiger partial charge >= 0.3 is 5.97 Å². The minimum Gasteiger partial charge on any atom is -0.463 e. The molecule has 0 aliphatic carbocycles. The molecule has 0 radical (unpaired) electrons. The summed E-state index contributed by atoms with van der Waals surface area (Å²) in [6.07, 6.45) is 1.37. The molecule has 0 atom stereocenters. The van der Waals surface area contributed by atoms with Crippen LogP contribution in [0.5, 0.6) is 0 Å². The van der Waals surface area contributed by atoms with Gasteiger partial charge in [-0.2, -0.15) is 0 Å². The van der Waals surface area contributed by atoms with Crippen LogP contribution in [0.25, 0.3) is 11.4 Å². The van der Waals surface area contributed by atoms with Gasteiger partial charge in [0.25, 0.3) is 0 Å². The number of benzene rings is 1. The van der Waals surface area contributed by atoms with E-state index in [1.54, 1.807) is 11.8 Å². The molecule has 1 aromatic heterocycles. The number of amides is 1. The van der Waals surface area contributed by atoms with Crippen LogP contribution in [0.4, 0.5) is 0 Å². The summed E-state index contributed by atoms with van der Waals surface area (Å²) in [5.74, 6) is 7.13. The first-order valence-electron chi connectivity index (χ1n) is 8.71. The Morgan fingerprint density at radius 3 is 2.82 bits per heavy atom. The highest BCUT2D eigenvalue weighted by Gasteiger charge is 2.27. The summed E-state index contributed by atoms with van der Waals surface area (Å²) in [5.41, 5.74) is 2.04. The monoisotopic (exact) mass is 419 g/mol. The SMILES string of the molecule is CCOC(=O)/C=C1\SCC(=O)N1CCSc1nnc(-c2ccc(C)cc2)n1N. The van der Waals surface area contributed by atoms with Crippen LogP contribution in [0.15, 0.2) is 40.5 Å². The van der Waals surface area contributed by atoms with Crippen molar-refractivity contribution in [3.8, 4) is 11.4 Å². The number of rotatable bonds is 7. The fourth-order valence-corrected chi connectivity index (χ4v) is 4.29. The number of nitrogens with zero attached hydrogens (tertiary/aromatic N) is 4. The van der Waals surface area contributed by atoms with Gasteiger partial charge in [0, 0.05) is 17.9 Å². The number of hydrogen-bond acceptors (Lipinski definition) is 8. The molecular formula is C18H21N5O3S2. The maximum Gasteiger partial charge on any atom is 0.333 e. The molecule has 10 heteroatoms. The van der Waals surface area contributed by atoms with Crippen LogP contribution in [0.2, 0.25) is 0 Å². The summed E-state index contributed by atoms with van der Waals surface area (Å²) < 4.78 is 6.37. The first kappa shape index (κ1) is 20.3. The van der Waals surface area contributed by atoms with E-state index in [1.165, 1.54) is 34.3 Å². The highest BCUT2D eigenvalue weighted by molar-refractivity contribution is 8.04. The summed E-state index contributed by atoms with van der Waals surface area (Å²) in [7, 11) is 0. The number of nitrogens with two attached hydrogens (primary N) is 1. The van der Waals surface area contributed by atoms with E-state index >= 15 is 0 Å². The zero-order valence-corrected chi connectivity index (χ0v) is 17.3. The van der Waals surface area contributed by atoms with Crippen LogP contribution in [0, 0.1) is 6.92 Å². The Morgan fingerprint density at radius 2 is 2.11 bits per heavy atom. The van der Waals surface area contributed by atoms with E-state index < -0.39 is 5.97 Å². The van der Waals surface area contributed by atoms with Gasteiger partial charge in [0.2, 0.25) is 11.1 Å². The molecule has 0 saturated carbocycles. The highest BCUT2D eigenvalue weighted by Crippen LogP contribution is 2.30. The molecule has 1 aromatic carbocycles. The normalized spacial score (nSPS) is 15.4. The Labute approximate surface area is 171 Å². The highest BCUT2D eigenvalue weighted by atomic mass is 32.2. The predicted molar refractivity (Wildman–Crippen MR) is 110 cm³/mol. The Morgan fingerprint density at radius 1 is 1.36 bits per heavy atom. The van der Waals surface area contributed by atoms with Gasteiger partial charge in [-0.1, -0.05) is 53.4 Å². The van der Waals surface area contributed by atoms with Crippen molar-refractivity contribution >= 4 is 35.4 Å². The van der Waals surface area contributed by atoms with Gasteiger partial charge < -0.3 is 15.5 Å². The first-order chi connectivity index (χ1) is 13.5. The molecule has 0 bridgehead atoms. The van der Waals surface area contributed by atoms with Crippen LogP contribution in [0.1, 0.15) is 12.5 Å². The van der Waals surface area contributed by atoms with Gasteiger partial charge in [0.1, 0.15) is 0 Å². The largest absolute Gasteiger partial charge is 0.463 e. The summed E-state index contributed by atoms with van der Waals surface area (Å²) in [4.78, 5) is 25.3. The van der Waals surface area contributed by atoms with Gasteiger partial charge in [-0.25, -0.2) is 9.47 Å². The summed E-state index contributed by atoms with van der Waals surface area (Å²) in [5, 5.41) is 9.48. The predicted octanol–water partition coefficient (Wildman–Crippen LogP) is 2.04. The number of aromatic nitrogens is 3. The first-order valence-corrected chi connectivity index (χ1v) is 10.7. The van der Waals surface area contributed by atoms with Crippen LogP contribution in [-0.2, 0) is 14.3 Å². The van der Waals surface area contributed by atoms with Crippen molar-refractivity contribution in [2.75, 3.05) is 30.5 Å². The molecule has 1 aliphatic rings. The molecular weight excluding hydrogens is 398 g/mol. The third kappa shape index (κ3) is 4.68. The number of nitrogen functional groups attached to an aromatic ring is 1. The van der Waals surface area contributed by atoms with Crippen molar-refractivity contribution in [3.05, 3.63) is 40.9 Å². The molecule has 28 heavy (non-hydrogen) atoms. The zero-order valence-electron chi connectivity index (χ0n) is 15.6. The van der Waals surface area contributed by atoms with Crippen LogP contribution in [0.3, 0.4) is 0 Å². The quantitative estimate of drug-likeness (QED) is 0.315. The van der Waals surface area contributed by atoms with Crippen molar-refractivity contribution in [2.24, 2.45) is 0 Å². The Balaban J connectivity index is 1.62. The minimum absolute atomic E-state index is 0.0318. The summed E-state index contributed by atoms with van der Waals surface area (Å²) in [6.45, 7) is 4.49. The molecule has 1 saturated heterocycles. The maximum absolute atomic E-state index is 12.1. The van der Waals surface area contributed by atoms with Crippen molar-refractivity contribution in [1.82, 2.24) is 19.8 Å². The molecule has 2 N–H and O–H groups in total. The molecule has 1 amide bonds. The van der Waals surface area contributed by atoms with E-state index in [0.717, 1.165) is 11.1 Å². The lowest BCUT2D eigenvalue weighted by Crippen LogP contribution is -2.27. The number of ether oxygens (including phenoxy) is 1. The van der Waals surface area contributed by atoms with E-state index in [2.05, 4.69) is 10.2 Å². The lowest BCUT2D eigenvalue weighted by Gasteiger charge is -2.16. The Hall–Kier alpha value is -2.46. The average molecular weight is 420 g/mol. The topological polar surface area (TPSA) is 103 Å². The number of carbonyl (C=O) groups excluding carboxylic acids is 2. The molecule has 0 unspecified atom stereocenters. The second kappa shape index (κ2) is 9.16. The molecule has 1 fully saturated rings. The number of hydrogen-bond donors (Lipinski definition) is 1. The van der Waals surface area contributed by atoms with Crippen LogP contribution < -0.4 is 5.84 Å². The maximum atomic E-state index is 12.1. The number of thioether (sulfide) groups is 2. The van der Waals surface area contributed by atoms with Crippen molar-refractivity contribution < 1.29 is 14.3 Å². The second-order valence-corrected chi connectivity index (χ2v) is 8.02. The molecule has 1 aliphatic heterocycles. The minimum atomic E-state index is -0.443. The molecule has 8 nitrogen and oxygen atoms in total. The summed E-state index contributed by atoms with van der Waals surface area (Å²) >= 11 is 2.74. The number of carbonyl (C=O) groups is 2. The van der Waals surface area contributed by atoms with E-state index in [1.807, 2.05) is 31.2 Å². The fourth-order valence-electron chi connectivity index (χ4n) is 2.56. The Kier molecular flexibility index (Phi) is 6.63. The van der Waals surface area contributed by atoms with Gasteiger partial charge in [0.15, 0.2) is 5.82 Å². The second-order valence-electron chi connectivity index (χ2n) is 5.96. The molecule has 2 aromatic rings. The van der Waals surface area contributed by atoms with E-state index in [4.69, 9.17) is 10.6 Å².